The second-order valence-electron chi connectivity index (χ2n) is 6.19. The van der Waals surface area contributed by atoms with E-state index in [2.05, 4.69) is 23.6 Å². The highest BCUT2D eigenvalue weighted by Gasteiger charge is 2.19. The van der Waals surface area contributed by atoms with Crippen LogP contribution in [0.15, 0.2) is 0 Å². The van der Waals surface area contributed by atoms with E-state index in [0.717, 1.165) is 58.5 Å². The first kappa shape index (κ1) is 17.4. The Bertz CT molecular complexity index is 270. The van der Waals surface area contributed by atoms with Crippen LogP contribution in [0.1, 0.15) is 52.4 Å². The van der Waals surface area contributed by atoms with Gasteiger partial charge in [-0.1, -0.05) is 33.1 Å². The Balaban J connectivity index is 2.26. The maximum absolute atomic E-state index is 12.2. The van der Waals surface area contributed by atoms with Crippen LogP contribution in [-0.4, -0.2) is 55.0 Å². The summed E-state index contributed by atoms with van der Waals surface area (Å²) in [6.45, 7) is 10.1. The molecule has 1 amide bonds. The Morgan fingerprint density at radius 2 is 1.95 bits per heavy atom. The van der Waals surface area contributed by atoms with Gasteiger partial charge < -0.3 is 15.5 Å². The molecule has 1 heterocycles. The predicted octanol–water partition coefficient (Wildman–Crippen LogP) is 2.09. The number of hydrogen-bond acceptors (Lipinski definition) is 3. The first-order valence-electron chi connectivity index (χ1n) is 8.37. The Morgan fingerprint density at radius 1 is 1.15 bits per heavy atom. The Kier molecular flexibility index (Phi) is 8.86. The van der Waals surface area contributed by atoms with Crippen molar-refractivity contribution in [1.82, 2.24) is 9.80 Å². The van der Waals surface area contributed by atoms with Gasteiger partial charge in [0.15, 0.2) is 0 Å². The molecule has 1 atom stereocenters. The van der Waals surface area contributed by atoms with E-state index in [1.54, 1.807) is 0 Å². The van der Waals surface area contributed by atoms with Gasteiger partial charge in [-0.2, -0.15) is 0 Å². The lowest BCUT2D eigenvalue weighted by atomic mass is 10.1. The van der Waals surface area contributed by atoms with Crippen LogP contribution in [0.2, 0.25) is 0 Å². The van der Waals surface area contributed by atoms with Gasteiger partial charge in [0.25, 0.3) is 0 Å². The molecule has 118 valence electrons. The molecule has 1 aliphatic heterocycles. The summed E-state index contributed by atoms with van der Waals surface area (Å²) < 4.78 is 0. The summed E-state index contributed by atoms with van der Waals surface area (Å²) in [7, 11) is 0. The summed E-state index contributed by atoms with van der Waals surface area (Å²) in [6.07, 6.45) is 6.55. The minimum atomic E-state index is 0.356. The van der Waals surface area contributed by atoms with Gasteiger partial charge in [0.05, 0.1) is 0 Å². The molecular formula is C16H33N3O. The van der Waals surface area contributed by atoms with E-state index in [9.17, 15) is 4.79 Å². The van der Waals surface area contributed by atoms with Crippen LogP contribution in [-0.2, 0) is 4.79 Å². The predicted molar refractivity (Wildman–Crippen MR) is 84.6 cm³/mol. The van der Waals surface area contributed by atoms with Crippen molar-refractivity contribution >= 4 is 5.91 Å². The lowest BCUT2D eigenvalue weighted by molar-refractivity contribution is -0.131. The molecule has 1 rings (SSSR count). The van der Waals surface area contributed by atoms with Gasteiger partial charge in [0.1, 0.15) is 0 Å². The molecule has 0 spiro atoms. The molecular weight excluding hydrogens is 250 g/mol. The quantitative estimate of drug-likeness (QED) is 0.694. The Labute approximate surface area is 124 Å². The van der Waals surface area contributed by atoms with Crippen LogP contribution < -0.4 is 5.73 Å². The van der Waals surface area contributed by atoms with Gasteiger partial charge in [0.2, 0.25) is 5.91 Å². The lowest BCUT2D eigenvalue weighted by Crippen LogP contribution is -2.37. The fourth-order valence-corrected chi connectivity index (χ4v) is 2.78. The molecule has 0 saturated carbocycles. The van der Waals surface area contributed by atoms with Crippen molar-refractivity contribution in [3.05, 3.63) is 0 Å². The van der Waals surface area contributed by atoms with Gasteiger partial charge in [-0.25, -0.2) is 0 Å². The molecule has 0 aromatic heterocycles. The molecule has 20 heavy (non-hydrogen) atoms. The van der Waals surface area contributed by atoms with Crippen molar-refractivity contribution in [2.24, 2.45) is 11.7 Å². The topological polar surface area (TPSA) is 49.6 Å². The summed E-state index contributed by atoms with van der Waals surface area (Å²) in [4.78, 5) is 16.7. The number of unbranched alkanes of at least 4 members (excludes halogenated alkanes) is 3. The summed E-state index contributed by atoms with van der Waals surface area (Å²) in [6, 6.07) is 0. The standard InChI is InChI=1S/C16H33N3O/c1-3-4-5-6-8-16(20)19-10-7-9-18(11-12-19)14-15(2)13-17/h15H,3-14,17H2,1-2H3. The molecule has 1 aliphatic rings. The molecule has 0 aliphatic carbocycles. The summed E-state index contributed by atoms with van der Waals surface area (Å²) in [5.41, 5.74) is 5.69. The van der Waals surface area contributed by atoms with Gasteiger partial charge in [0, 0.05) is 32.6 Å². The molecule has 1 unspecified atom stereocenters. The number of nitrogens with zero attached hydrogens (tertiary/aromatic N) is 2. The van der Waals surface area contributed by atoms with Gasteiger partial charge >= 0.3 is 0 Å². The van der Waals surface area contributed by atoms with E-state index in [1.165, 1.54) is 19.3 Å². The van der Waals surface area contributed by atoms with Crippen molar-refractivity contribution in [3.8, 4) is 0 Å². The van der Waals surface area contributed by atoms with E-state index >= 15 is 0 Å². The molecule has 0 aromatic rings. The number of rotatable bonds is 8. The maximum Gasteiger partial charge on any atom is 0.222 e. The highest BCUT2D eigenvalue weighted by Crippen LogP contribution is 2.10. The van der Waals surface area contributed by atoms with E-state index in [0.29, 0.717) is 11.8 Å². The third-order valence-corrected chi connectivity index (χ3v) is 4.16. The van der Waals surface area contributed by atoms with Crippen molar-refractivity contribution < 1.29 is 4.79 Å². The second kappa shape index (κ2) is 10.2. The van der Waals surface area contributed by atoms with Crippen molar-refractivity contribution in [2.45, 2.75) is 52.4 Å². The SMILES string of the molecule is CCCCCCC(=O)N1CCCN(CC(C)CN)CC1. The smallest absolute Gasteiger partial charge is 0.222 e. The summed E-state index contributed by atoms with van der Waals surface area (Å²) in [5.74, 6) is 0.904. The lowest BCUT2D eigenvalue weighted by Gasteiger charge is -2.24. The molecule has 4 heteroatoms. The first-order valence-corrected chi connectivity index (χ1v) is 8.37. The minimum absolute atomic E-state index is 0.356. The molecule has 0 bridgehead atoms. The fraction of sp³-hybridized carbons (Fsp3) is 0.938. The highest BCUT2D eigenvalue weighted by atomic mass is 16.2. The van der Waals surface area contributed by atoms with Crippen LogP contribution in [0.5, 0.6) is 0 Å². The molecule has 4 nitrogen and oxygen atoms in total. The van der Waals surface area contributed by atoms with Crippen LogP contribution in [0, 0.1) is 5.92 Å². The maximum atomic E-state index is 12.2. The summed E-state index contributed by atoms with van der Waals surface area (Å²) >= 11 is 0. The molecule has 1 saturated heterocycles. The van der Waals surface area contributed by atoms with Crippen LogP contribution in [0.4, 0.5) is 0 Å². The third-order valence-electron chi connectivity index (χ3n) is 4.16. The minimum Gasteiger partial charge on any atom is -0.341 e. The van der Waals surface area contributed by atoms with Gasteiger partial charge in [-0.15, -0.1) is 0 Å². The number of hydrogen-bond donors (Lipinski definition) is 1. The van der Waals surface area contributed by atoms with Gasteiger partial charge in [-0.3, -0.25) is 4.79 Å². The number of nitrogens with two attached hydrogens (primary N) is 1. The molecule has 0 radical (unpaired) electrons. The highest BCUT2D eigenvalue weighted by molar-refractivity contribution is 5.76. The van der Waals surface area contributed by atoms with E-state index in [1.807, 2.05) is 0 Å². The van der Waals surface area contributed by atoms with Crippen molar-refractivity contribution in [2.75, 3.05) is 39.3 Å². The third kappa shape index (κ3) is 6.71. The van der Waals surface area contributed by atoms with Crippen LogP contribution in [0.25, 0.3) is 0 Å². The molecule has 1 fully saturated rings. The largest absolute Gasteiger partial charge is 0.341 e. The zero-order valence-electron chi connectivity index (χ0n) is 13.4. The Morgan fingerprint density at radius 3 is 2.65 bits per heavy atom. The normalized spacial score (nSPS) is 18.9. The molecule has 2 N–H and O–H groups in total. The van der Waals surface area contributed by atoms with Crippen molar-refractivity contribution in [3.63, 3.8) is 0 Å². The molecule has 0 aromatic carbocycles. The average Bonchev–Trinajstić information content (AvgIpc) is 2.69. The average molecular weight is 283 g/mol. The monoisotopic (exact) mass is 283 g/mol. The second-order valence-corrected chi connectivity index (χ2v) is 6.19. The van der Waals surface area contributed by atoms with Gasteiger partial charge in [-0.05, 0) is 31.8 Å². The number of amides is 1. The first-order chi connectivity index (χ1) is 9.67. The number of carbonyl (C=O) groups is 1. The Hall–Kier alpha value is -0.610. The van der Waals surface area contributed by atoms with E-state index in [-0.39, 0.29) is 0 Å². The zero-order chi connectivity index (χ0) is 14.8. The zero-order valence-corrected chi connectivity index (χ0v) is 13.4. The van der Waals surface area contributed by atoms with Crippen LogP contribution in [0.3, 0.4) is 0 Å². The van der Waals surface area contributed by atoms with Crippen molar-refractivity contribution in [1.29, 1.82) is 0 Å². The fourth-order valence-electron chi connectivity index (χ4n) is 2.78. The van der Waals surface area contributed by atoms with E-state index in [4.69, 9.17) is 5.73 Å². The number of carbonyl (C=O) groups excluding carboxylic acids is 1. The van der Waals surface area contributed by atoms with Crippen LogP contribution >= 0.6 is 0 Å². The van der Waals surface area contributed by atoms with E-state index < -0.39 is 0 Å². The summed E-state index contributed by atoms with van der Waals surface area (Å²) in [5, 5.41) is 0.